The number of anilines is 1. The average Bonchev–Trinajstić information content (AvgIpc) is 2.86. The van der Waals surface area contributed by atoms with E-state index in [1.165, 1.54) is 24.1 Å². The number of hydrogen-bond donors (Lipinski definition) is 0. The number of benzene rings is 2. The molecule has 0 saturated heterocycles. The third-order valence-electron chi connectivity index (χ3n) is 6.13. The molecule has 0 radical (unpaired) electrons. The Kier molecular flexibility index (Phi) is 4.41. The van der Waals surface area contributed by atoms with Crippen LogP contribution in [0.2, 0.25) is 0 Å². The van der Waals surface area contributed by atoms with Crippen LogP contribution in [0.5, 0.6) is 11.5 Å². The van der Waals surface area contributed by atoms with Gasteiger partial charge in [0.2, 0.25) is 5.72 Å². The van der Waals surface area contributed by atoms with Gasteiger partial charge in [0, 0.05) is 17.8 Å². The average molecular weight is 364 g/mol. The van der Waals surface area contributed by atoms with E-state index in [9.17, 15) is 0 Å². The van der Waals surface area contributed by atoms with Crippen molar-refractivity contribution in [1.82, 2.24) is 0 Å². The molecule has 3 heteroatoms. The molecule has 0 bridgehead atoms. The normalized spacial score (nSPS) is 21.7. The standard InChI is InChI=1S/C24H29NO2/c1-5-6-9-17-25-20-13-8-7-12-19(20)23(2,3)24(25)16-15-18-11-10-14-21(26-4)22(18)27-24/h7-8,10-16H,5-6,9,17H2,1-4H3. The van der Waals surface area contributed by atoms with Crippen LogP contribution in [0, 0.1) is 0 Å². The summed E-state index contributed by atoms with van der Waals surface area (Å²) in [6.45, 7) is 7.80. The highest BCUT2D eigenvalue weighted by Gasteiger charge is 2.58. The van der Waals surface area contributed by atoms with Gasteiger partial charge < -0.3 is 14.4 Å². The van der Waals surface area contributed by atoms with Crippen molar-refractivity contribution in [2.24, 2.45) is 0 Å². The number of unbranched alkanes of at least 4 members (excludes halogenated alkanes) is 2. The zero-order valence-electron chi connectivity index (χ0n) is 16.8. The summed E-state index contributed by atoms with van der Waals surface area (Å²) < 4.78 is 12.5. The topological polar surface area (TPSA) is 21.7 Å². The SMILES string of the molecule is CCCCCN1c2ccccc2C(C)(C)C12C=Cc1cccc(OC)c1O2. The fourth-order valence-corrected chi connectivity index (χ4v) is 4.56. The van der Waals surface area contributed by atoms with Gasteiger partial charge in [0.1, 0.15) is 0 Å². The number of para-hydroxylation sites is 2. The van der Waals surface area contributed by atoms with E-state index in [4.69, 9.17) is 9.47 Å². The van der Waals surface area contributed by atoms with Crippen molar-refractivity contribution in [2.75, 3.05) is 18.6 Å². The molecular formula is C24H29NO2. The lowest BCUT2D eigenvalue weighted by Crippen LogP contribution is -2.59. The Balaban J connectivity index is 1.84. The molecule has 4 rings (SSSR count). The van der Waals surface area contributed by atoms with Crippen molar-refractivity contribution in [3.05, 3.63) is 59.7 Å². The van der Waals surface area contributed by atoms with Crippen molar-refractivity contribution in [3.63, 3.8) is 0 Å². The summed E-state index contributed by atoms with van der Waals surface area (Å²) in [6, 6.07) is 14.8. The molecule has 0 amide bonds. The van der Waals surface area contributed by atoms with E-state index in [0.29, 0.717) is 0 Å². The molecular weight excluding hydrogens is 334 g/mol. The molecule has 0 N–H and O–H groups in total. The summed E-state index contributed by atoms with van der Waals surface area (Å²) in [5, 5.41) is 0. The van der Waals surface area contributed by atoms with Gasteiger partial charge in [-0.2, -0.15) is 0 Å². The highest BCUT2D eigenvalue weighted by atomic mass is 16.5. The minimum atomic E-state index is -0.550. The van der Waals surface area contributed by atoms with Crippen molar-refractivity contribution >= 4 is 11.8 Å². The molecule has 2 heterocycles. The van der Waals surface area contributed by atoms with Crippen LogP contribution in [-0.4, -0.2) is 19.4 Å². The molecule has 0 saturated carbocycles. The minimum absolute atomic E-state index is 0.190. The largest absolute Gasteiger partial charge is 0.493 e. The molecule has 0 fully saturated rings. The van der Waals surface area contributed by atoms with Gasteiger partial charge in [-0.25, -0.2) is 0 Å². The summed E-state index contributed by atoms with van der Waals surface area (Å²) in [5.41, 5.74) is 2.95. The second-order valence-corrected chi connectivity index (χ2v) is 8.01. The summed E-state index contributed by atoms with van der Waals surface area (Å²) >= 11 is 0. The predicted octanol–water partition coefficient (Wildman–Crippen LogP) is 5.79. The van der Waals surface area contributed by atoms with Crippen LogP contribution < -0.4 is 14.4 Å². The molecule has 1 unspecified atom stereocenters. The lowest BCUT2D eigenvalue weighted by Gasteiger charge is -2.47. The van der Waals surface area contributed by atoms with E-state index in [1.807, 2.05) is 12.1 Å². The smallest absolute Gasteiger partial charge is 0.212 e. The number of fused-ring (bicyclic) bond motifs is 2. The Morgan fingerprint density at radius 2 is 1.85 bits per heavy atom. The van der Waals surface area contributed by atoms with Crippen LogP contribution in [0.15, 0.2) is 48.5 Å². The monoisotopic (exact) mass is 363 g/mol. The summed E-state index contributed by atoms with van der Waals surface area (Å²) in [5.74, 6) is 1.63. The van der Waals surface area contributed by atoms with E-state index >= 15 is 0 Å². The Morgan fingerprint density at radius 3 is 2.63 bits per heavy atom. The molecule has 1 spiro atoms. The number of hydrogen-bond acceptors (Lipinski definition) is 3. The van der Waals surface area contributed by atoms with Crippen molar-refractivity contribution in [2.45, 2.75) is 51.2 Å². The summed E-state index contributed by atoms with van der Waals surface area (Å²) in [7, 11) is 1.71. The zero-order chi connectivity index (χ0) is 19.1. The van der Waals surface area contributed by atoms with E-state index in [0.717, 1.165) is 30.0 Å². The maximum atomic E-state index is 6.86. The zero-order valence-corrected chi connectivity index (χ0v) is 16.8. The number of ether oxygens (including phenoxy) is 2. The molecule has 2 aliphatic heterocycles. The summed E-state index contributed by atoms with van der Waals surface area (Å²) in [4.78, 5) is 2.46. The first-order chi connectivity index (χ1) is 13.0. The third kappa shape index (κ3) is 2.55. The van der Waals surface area contributed by atoms with Crippen LogP contribution in [-0.2, 0) is 5.41 Å². The number of rotatable bonds is 5. The van der Waals surface area contributed by atoms with Crippen LogP contribution >= 0.6 is 0 Å². The van der Waals surface area contributed by atoms with Crippen LogP contribution in [0.1, 0.15) is 51.2 Å². The minimum Gasteiger partial charge on any atom is -0.493 e. The first kappa shape index (κ1) is 18.0. The van der Waals surface area contributed by atoms with Gasteiger partial charge in [-0.05, 0) is 50.1 Å². The van der Waals surface area contributed by atoms with Crippen molar-refractivity contribution < 1.29 is 9.47 Å². The van der Waals surface area contributed by atoms with Crippen molar-refractivity contribution in [1.29, 1.82) is 0 Å². The van der Waals surface area contributed by atoms with Crippen LogP contribution in [0.3, 0.4) is 0 Å². The lowest BCUT2D eigenvalue weighted by atomic mass is 9.76. The molecule has 27 heavy (non-hydrogen) atoms. The summed E-state index contributed by atoms with van der Waals surface area (Å²) in [6.07, 6.45) is 8.03. The Morgan fingerprint density at radius 1 is 1.04 bits per heavy atom. The molecule has 0 aromatic heterocycles. The Bertz CT molecular complexity index is 870. The number of methoxy groups -OCH3 is 1. The van der Waals surface area contributed by atoms with E-state index in [2.05, 4.69) is 68.2 Å². The highest BCUT2D eigenvalue weighted by Crippen LogP contribution is 2.55. The number of nitrogens with zero attached hydrogens (tertiary/aromatic N) is 1. The quantitative estimate of drug-likeness (QED) is 0.628. The molecule has 2 aliphatic rings. The maximum absolute atomic E-state index is 6.86. The first-order valence-corrected chi connectivity index (χ1v) is 9.97. The fourth-order valence-electron chi connectivity index (χ4n) is 4.56. The Labute approximate surface area is 162 Å². The van der Waals surface area contributed by atoms with Gasteiger partial charge in [0.05, 0.1) is 12.5 Å². The molecule has 3 nitrogen and oxygen atoms in total. The predicted molar refractivity (Wildman–Crippen MR) is 112 cm³/mol. The maximum Gasteiger partial charge on any atom is 0.212 e. The lowest BCUT2D eigenvalue weighted by molar-refractivity contribution is 0.0503. The van der Waals surface area contributed by atoms with Crippen LogP contribution in [0.25, 0.3) is 6.08 Å². The first-order valence-electron chi connectivity index (χ1n) is 9.97. The van der Waals surface area contributed by atoms with Crippen LogP contribution in [0.4, 0.5) is 5.69 Å². The van der Waals surface area contributed by atoms with Gasteiger partial charge in [-0.3, -0.25) is 0 Å². The fraction of sp³-hybridized carbons (Fsp3) is 0.417. The molecule has 2 aromatic rings. The molecule has 2 aromatic carbocycles. The second kappa shape index (κ2) is 6.63. The van der Waals surface area contributed by atoms with Crippen molar-refractivity contribution in [3.8, 4) is 11.5 Å². The van der Waals surface area contributed by atoms with Gasteiger partial charge in [-0.15, -0.1) is 0 Å². The molecule has 1 atom stereocenters. The van der Waals surface area contributed by atoms with E-state index < -0.39 is 5.72 Å². The van der Waals surface area contributed by atoms with E-state index in [1.54, 1.807) is 7.11 Å². The van der Waals surface area contributed by atoms with Gasteiger partial charge >= 0.3 is 0 Å². The van der Waals surface area contributed by atoms with Gasteiger partial charge in [0.25, 0.3) is 0 Å². The van der Waals surface area contributed by atoms with Gasteiger partial charge in [0.15, 0.2) is 11.5 Å². The van der Waals surface area contributed by atoms with E-state index in [-0.39, 0.29) is 5.41 Å². The molecule has 142 valence electrons. The van der Waals surface area contributed by atoms with Gasteiger partial charge in [-0.1, -0.05) is 50.1 Å². The highest BCUT2D eigenvalue weighted by molar-refractivity contribution is 5.73. The Hall–Kier alpha value is -2.42. The third-order valence-corrected chi connectivity index (χ3v) is 6.13. The second-order valence-electron chi connectivity index (χ2n) is 8.01. The molecule has 0 aliphatic carbocycles.